The number of para-hydroxylation sites is 1. The van der Waals surface area contributed by atoms with Crippen molar-refractivity contribution in [2.75, 3.05) is 16.4 Å². The molecule has 0 atom stereocenters. The minimum Gasteiger partial charge on any atom is -0.326 e. The molecule has 2 rings (SSSR count). The van der Waals surface area contributed by atoms with E-state index in [4.69, 9.17) is 0 Å². The number of benzene rings is 2. The number of aryl methyl sites for hydroxylation is 2. The lowest BCUT2D eigenvalue weighted by Gasteiger charge is -2.17. The van der Waals surface area contributed by atoms with Crippen LogP contribution in [0.15, 0.2) is 47.4 Å². The molecule has 0 saturated heterocycles. The number of hydrogen-bond donors (Lipinski definition) is 2. The van der Waals surface area contributed by atoms with Crippen molar-refractivity contribution in [3.63, 3.8) is 0 Å². The summed E-state index contributed by atoms with van der Waals surface area (Å²) < 4.78 is 0. The molecule has 2 aromatic rings. The van der Waals surface area contributed by atoms with Crippen LogP contribution < -0.4 is 10.6 Å². The van der Waals surface area contributed by atoms with E-state index in [2.05, 4.69) is 17.6 Å². The molecule has 2 amide bonds. The maximum Gasteiger partial charge on any atom is 0.234 e. The zero-order valence-electron chi connectivity index (χ0n) is 17.4. The van der Waals surface area contributed by atoms with Gasteiger partial charge in [0.2, 0.25) is 11.8 Å². The van der Waals surface area contributed by atoms with Crippen LogP contribution >= 0.6 is 11.8 Å². The number of nitrogens with one attached hydrogen (secondary N) is 2. The fourth-order valence-electron chi connectivity index (χ4n) is 2.85. The molecule has 0 fully saturated rings. The minimum absolute atomic E-state index is 0.0113. The second-order valence-electron chi connectivity index (χ2n) is 8.11. The van der Waals surface area contributed by atoms with Gasteiger partial charge in [-0.15, -0.1) is 11.8 Å². The predicted octanol–water partition coefficient (Wildman–Crippen LogP) is 5.66. The van der Waals surface area contributed by atoms with Crippen LogP contribution in [-0.2, 0) is 16.0 Å². The Morgan fingerprint density at radius 1 is 0.964 bits per heavy atom. The standard InChI is InChI=1S/C23H30N2O2S/c1-6-17-9-7-8-16(2)22(17)25-21(27)15-28-19-12-10-18(11-13-19)24-20(26)14-23(3,4)5/h7-13H,6,14-15H2,1-5H3,(H,24,26)(H,25,27). The molecule has 0 heterocycles. The van der Waals surface area contributed by atoms with Crippen molar-refractivity contribution >= 4 is 35.0 Å². The average molecular weight is 399 g/mol. The van der Waals surface area contributed by atoms with Crippen LogP contribution in [0.4, 0.5) is 11.4 Å². The molecular formula is C23H30N2O2S. The van der Waals surface area contributed by atoms with Gasteiger partial charge in [0, 0.05) is 22.7 Å². The predicted molar refractivity (Wildman–Crippen MR) is 119 cm³/mol. The van der Waals surface area contributed by atoms with Crippen LogP contribution in [-0.4, -0.2) is 17.6 Å². The smallest absolute Gasteiger partial charge is 0.234 e. The Morgan fingerprint density at radius 2 is 1.64 bits per heavy atom. The Hall–Kier alpha value is -2.27. The molecule has 2 N–H and O–H groups in total. The summed E-state index contributed by atoms with van der Waals surface area (Å²) in [6.07, 6.45) is 1.36. The third kappa shape index (κ3) is 7.04. The van der Waals surface area contributed by atoms with Gasteiger partial charge in [0.05, 0.1) is 5.75 Å². The van der Waals surface area contributed by atoms with E-state index in [0.29, 0.717) is 12.2 Å². The highest BCUT2D eigenvalue weighted by molar-refractivity contribution is 8.00. The number of hydrogen-bond acceptors (Lipinski definition) is 3. The summed E-state index contributed by atoms with van der Waals surface area (Å²) in [5, 5.41) is 5.96. The largest absolute Gasteiger partial charge is 0.326 e. The fraction of sp³-hybridized carbons (Fsp3) is 0.391. The van der Waals surface area contributed by atoms with Crippen LogP contribution in [0.2, 0.25) is 0 Å². The molecule has 0 aliphatic carbocycles. The van der Waals surface area contributed by atoms with Gasteiger partial charge >= 0.3 is 0 Å². The van der Waals surface area contributed by atoms with Crippen LogP contribution in [0.25, 0.3) is 0 Å². The van der Waals surface area contributed by atoms with Gasteiger partial charge < -0.3 is 10.6 Å². The van der Waals surface area contributed by atoms with Gasteiger partial charge in [0.25, 0.3) is 0 Å². The molecule has 0 saturated carbocycles. The van der Waals surface area contributed by atoms with Gasteiger partial charge in [0.15, 0.2) is 0 Å². The molecule has 0 bridgehead atoms. The van der Waals surface area contributed by atoms with Gasteiger partial charge in [0.1, 0.15) is 0 Å². The van der Waals surface area contributed by atoms with Gasteiger partial charge in [-0.2, -0.15) is 0 Å². The van der Waals surface area contributed by atoms with Crippen LogP contribution in [0.5, 0.6) is 0 Å². The van der Waals surface area contributed by atoms with Crippen molar-refractivity contribution < 1.29 is 9.59 Å². The third-order valence-corrected chi connectivity index (χ3v) is 5.22. The molecule has 0 aliphatic heterocycles. The Morgan fingerprint density at radius 3 is 2.25 bits per heavy atom. The second kappa shape index (κ2) is 9.78. The molecule has 2 aromatic carbocycles. The summed E-state index contributed by atoms with van der Waals surface area (Å²) in [4.78, 5) is 25.4. The number of amides is 2. The molecule has 4 nitrogen and oxygen atoms in total. The summed E-state index contributed by atoms with van der Waals surface area (Å²) in [6.45, 7) is 10.2. The first-order chi connectivity index (χ1) is 13.2. The summed E-state index contributed by atoms with van der Waals surface area (Å²) in [6, 6.07) is 13.7. The molecule has 0 aromatic heterocycles. The number of thioether (sulfide) groups is 1. The van der Waals surface area contributed by atoms with E-state index in [1.54, 1.807) is 0 Å². The first-order valence-corrected chi connectivity index (χ1v) is 10.6. The lowest BCUT2D eigenvalue weighted by Crippen LogP contribution is -2.19. The Bertz CT molecular complexity index is 823. The lowest BCUT2D eigenvalue weighted by molar-refractivity contribution is -0.118. The normalized spacial score (nSPS) is 11.2. The van der Waals surface area contributed by atoms with Crippen molar-refractivity contribution in [2.24, 2.45) is 5.41 Å². The van der Waals surface area contributed by atoms with Gasteiger partial charge in [-0.05, 0) is 54.2 Å². The van der Waals surface area contributed by atoms with Gasteiger partial charge in [-0.1, -0.05) is 45.9 Å². The van der Waals surface area contributed by atoms with E-state index in [-0.39, 0.29) is 17.2 Å². The van der Waals surface area contributed by atoms with Crippen LogP contribution in [0, 0.1) is 12.3 Å². The highest BCUT2D eigenvalue weighted by atomic mass is 32.2. The van der Waals surface area contributed by atoms with E-state index in [1.165, 1.54) is 11.8 Å². The van der Waals surface area contributed by atoms with Crippen molar-refractivity contribution in [3.8, 4) is 0 Å². The van der Waals surface area contributed by atoms with Crippen molar-refractivity contribution in [2.45, 2.75) is 52.4 Å². The number of anilines is 2. The Kier molecular flexibility index (Phi) is 7.69. The van der Waals surface area contributed by atoms with Crippen molar-refractivity contribution in [1.29, 1.82) is 0 Å². The molecule has 28 heavy (non-hydrogen) atoms. The molecular weight excluding hydrogens is 368 g/mol. The van der Waals surface area contributed by atoms with E-state index in [0.717, 1.165) is 33.8 Å². The molecule has 0 spiro atoms. The molecule has 150 valence electrons. The van der Waals surface area contributed by atoms with Crippen molar-refractivity contribution in [1.82, 2.24) is 0 Å². The molecule has 0 aliphatic rings. The van der Waals surface area contributed by atoms with E-state index in [1.807, 2.05) is 70.2 Å². The summed E-state index contributed by atoms with van der Waals surface area (Å²) in [5.74, 6) is 0.335. The Labute approximate surface area is 172 Å². The highest BCUT2D eigenvalue weighted by Gasteiger charge is 2.16. The zero-order chi connectivity index (χ0) is 20.7. The first kappa shape index (κ1) is 22.0. The number of carbonyl (C=O) groups excluding carboxylic acids is 2. The summed E-state index contributed by atoms with van der Waals surface area (Å²) in [5.41, 5.74) is 3.88. The van der Waals surface area contributed by atoms with E-state index in [9.17, 15) is 9.59 Å². The lowest BCUT2D eigenvalue weighted by atomic mass is 9.92. The second-order valence-corrected chi connectivity index (χ2v) is 9.16. The number of carbonyl (C=O) groups is 2. The van der Waals surface area contributed by atoms with E-state index >= 15 is 0 Å². The minimum atomic E-state index is -0.0397. The average Bonchev–Trinajstić information content (AvgIpc) is 2.61. The molecule has 0 radical (unpaired) electrons. The van der Waals surface area contributed by atoms with Gasteiger partial charge in [-0.3, -0.25) is 9.59 Å². The van der Waals surface area contributed by atoms with E-state index < -0.39 is 0 Å². The topological polar surface area (TPSA) is 58.2 Å². The van der Waals surface area contributed by atoms with Crippen molar-refractivity contribution in [3.05, 3.63) is 53.6 Å². The fourth-order valence-corrected chi connectivity index (χ4v) is 3.55. The molecule has 5 heteroatoms. The Balaban J connectivity index is 1.88. The summed E-state index contributed by atoms with van der Waals surface area (Å²) >= 11 is 1.48. The summed E-state index contributed by atoms with van der Waals surface area (Å²) in [7, 11) is 0. The quantitative estimate of drug-likeness (QED) is 0.591. The maximum absolute atomic E-state index is 12.4. The zero-order valence-corrected chi connectivity index (χ0v) is 18.2. The SMILES string of the molecule is CCc1cccc(C)c1NC(=O)CSc1ccc(NC(=O)CC(C)(C)C)cc1. The maximum atomic E-state index is 12.4. The van der Waals surface area contributed by atoms with Crippen LogP contribution in [0.1, 0.15) is 45.2 Å². The van der Waals surface area contributed by atoms with Gasteiger partial charge in [-0.25, -0.2) is 0 Å². The third-order valence-electron chi connectivity index (χ3n) is 4.20. The highest BCUT2D eigenvalue weighted by Crippen LogP contribution is 2.24. The van der Waals surface area contributed by atoms with Crippen LogP contribution in [0.3, 0.4) is 0 Å². The monoisotopic (exact) mass is 398 g/mol. The number of rotatable bonds is 7. The first-order valence-electron chi connectivity index (χ1n) is 9.59. The molecule has 0 unspecified atom stereocenters.